The number of nitrogens with one attached hydrogen (secondary N) is 1. The second kappa shape index (κ2) is 8.31. The van der Waals surface area contributed by atoms with Crippen molar-refractivity contribution in [2.45, 2.75) is 32.7 Å². The summed E-state index contributed by atoms with van der Waals surface area (Å²) in [5.41, 5.74) is 1.02. The van der Waals surface area contributed by atoms with Crippen LogP contribution in [-0.2, 0) is 11.3 Å². The lowest BCUT2D eigenvalue weighted by Gasteiger charge is -2.30. The Kier molecular flexibility index (Phi) is 6.13. The van der Waals surface area contributed by atoms with E-state index in [9.17, 15) is 9.59 Å². The average molecular weight is 369 g/mol. The van der Waals surface area contributed by atoms with Crippen molar-refractivity contribution in [3.05, 3.63) is 11.1 Å². The van der Waals surface area contributed by atoms with Gasteiger partial charge in [-0.15, -0.1) is 11.3 Å². The first-order chi connectivity index (χ1) is 11.6. The zero-order chi connectivity index (χ0) is 16.9. The summed E-state index contributed by atoms with van der Waals surface area (Å²) in [4.78, 5) is 32.2. The van der Waals surface area contributed by atoms with E-state index < -0.39 is 0 Å². The van der Waals surface area contributed by atoms with Crippen LogP contribution in [0.3, 0.4) is 0 Å². The minimum absolute atomic E-state index is 0.0767. The monoisotopic (exact) mass is 368 g/mol. The van der Waals surface area contributed by atoms with Crippen LogP contribution >= 0.6 is 23.1 Å². The van der Waals surface area contributed by atoms with E-state index in [1.807, 2.05) is 5.38 Å². The van der Waals surface area contributed by atoms with Crippen molar-refractivity contribution in [2.75, 3.05) is 37.2 Å². The van der Waals surface area contributed by atoms with Crippen LogP contribution in [0.1, 0.15) is 31.9 Å². The zero-order valence-corrected chi connectivity index (χ0v) is 15.6. The third kappa shape index (κ3) is 4.94. The van der Waals surface area contributed by atoms with Gasteiger partial charge in [-0.2, -0.15) is 0 Å². The predicted molar refractivity (Wildman–Crippen MR) is 98.5 cm³/mol. The SMILES string of the molecule is C[C@@H]1CCCN(Cc2csc(NC(=O)CCN3CCSC3=O)n2)C1. The smallest absolute Gasteiger partial charge is 0.281 e. The second-order valence-corrected chi connectivity index (χ2v) is 8.43. The number of thioether (sulfide) groups is 1. The summed E-state index contributed by atoms with van der Waals surface area (Å²) in [6.45, 7) is 6.64. The van der Waals surface area contributed by atoms with Crippen LogP contribution in [0, 0.1) is 5.92 Å². The third-order valence-corrected chi connectivity index (χ3v) is 6.08. The van der Waals surface area contributed by atoms with E-state index in [1.54, 1.807) is 4.90 Å². The molecule has 1 atom stereocenters. The molecule has 2 saturated heterocycles. The fraction of sp³-hybridized carbons (Fsp3) is 0.688. The van der Waals surface area contributed by atoms with E-state index in [-0.39, 0.29) is 11.1 Å². The van der Waals surface area contributed by atoms with Gasteiger partial charge in [0.1, 0.15) is 0 Å². The van der Waals surface area contributed by atoms with Crippen molar-refractivity contribution in [1.82, 2.24) is 14.8 Å². The Labute approximate surface area is 151 Å². The number of hydrogen-bond donors (Lipinski definition) is 1. The van der Waals surface area contributed by atoms with E-state index in [1.165, 1.54) is 35.9 Å². The molecule has 0 aliphatic carbocycles. The van der Waals surface area contributed by atoms with Crippen molar-refractivity contribution in [1.29, 1.82) is 0 Å². The van der Waals surface area contributed by atoms with E-state index in [4.69, 9.17) is 0 Å². The molecule has 2 aliphatic rings. The fourth-order valence-electron chi connectivity index (χ4n) is 3.14. The summed E-state index contributed by atoms with van der Waals surface area (Å²) >= 11 is 2.79. The van der Waals surface area contributed by atoms with Gasteiger partial charge in [0.05, 0.1) is 5.69 Å². The predicted octanol–water partition coefficient (Wildman–Crippen LogP) is 2.87. The van der Waals surface area contributed by atoms with Gasteiger partial charge in [-0.05, 0) is 25.3 Å². The molecule has 1 aromatic heterocycles. The molecule has 1 N–H and O–H groups in total. The Bertz CT molecular complexity index is 592. The van der Waals surface area contributed by atoms with Crippen LogP contribution in [0.15, 0.2) is 5.38 Å². The van der Waals surface area contributed by atoms with Gasteiger partial charge in [-0.25, -0.2) is 4.98 Å². The molecule has 132 valence electrons. The number of thiazole rings is 1. The van der Waals surface area contributed by atoms with Crippen molar-refractivity contribution >= 4 is 39.4 Å². The Balaban J connectivity index is 1.43. The highest BCUT2D eigenvalue weighted by Gasteiger charge is 2.21. The van der Waals surface area contributed by atoms with Gasteiger partial charge in [0.2, 0.25) is 5.91 Å². The number of anilines is 1. The van der Waals surface area contributed by atoms with E-state index in [0.29, 0.717) is 18.1 Å². The number of carbonyl (C=O) groups excluding carboxylic acids is 2. The number of amides is 2. The summed E-state index contributed by atoms with van der Waals surface area (Å²) in [5.74, 6) is 1.50. The zero-order valence-electron chi connectivity index (χ0n) is 14.0. The van der Waals surface area contributed by atoms with Gasteiger partial charge in [0.25, 0.3) is 5.24 Å². The highest BCUT2D eigenvalue weighted by atomic mass is 32.2. The van der Waals surface area contributed by atoms with Gasteiger partial charge < -0.3 is 10.2 Å². The van der Waals surface area contributed by atoms with Crippen LogP contribution < -0.4 is 5.32 Å². The summed E-state index contributed by atoms with van der Waals surface area (Å²) in [6, 6.07) is 0. The van der Waals surface area contributed by atoms with Crippen molar-refractivity contribution in [3.8, 4) is 0 Å². The molecule has 24 heavy (non-hydrogen) atoms. The fourth-order valence-corrected chi connectivity index (χ4v) is 4.71. The summed E-state index contributed by atoms with van der Waals surface area (Å²) in [7, 11) is 0. The quantitative estimate of drug-likeness (QED) is 0.836. The lowest BCUT2D eigenvalue weighted by Crippen LogP contribution is -2.33. The average Bonchev–Trinajstić information content (AvgIpc) is 3.14. The molecule has 0 saturated carbocycles. The van der Waals surface area contributed by atoms with E-state index >= 15 is 0 Å². The molecule has 8 heteroatoms. The topological polar surface area (TPSA) is 65.5 Å². The number of nitrogens with zero attached hydrogens (tertiary/aromatic N) is 3. The molecule has 2 fully saturated rings. The molecule has 0 bridgehead atoms. The normalized spacial score (nSPS) is 22.1. The Morgan fingerprint density at radius 2 is 2.33 bits per heavy atom. The van der Waals surface area contributed by atoms with Crippen LogP contribution in [0.4, 0.5) is 9.93 Å². The lowest BCUT2D eigenvalue weighted by molar-refractivity contribution is -0.116. The molecular formula is C16H24N4O2S2. The molecule has 2 aliphatic heterocycles. The molecule has 1 aromatic rings. The minimum atomic E-state index is -0.0767. The Morgan fingerprint density at radius 3 is 3.08 bits per heavy atom. The van der Waals surface area contributed by atoms with Crippen LogP contribution in [0.25, 0.3) is 0 Å². The van der Waals surface area contributed by atoms with Gasteiger partial charge >= 0.3 is 0 Å². The van der Waals surface area contributed by atoms with Gasteiger partial charge in [-0.1, -0.05) is 18.7 Å². The third-order valence-electron chi connectivity index (χ3n) is 4.38. The first kappa shape index (κ1) is 17.7. The standard InChI is InChI=1S/C16H24N4O2S2/c1-12-3-2-5-19(9-12)10-13-11-24-15(17-13)18-14(21)4-6-20-7-8-23-16(20)22/h11-12H,2-10H2,1H3,(H,17,18,21)/t12-/m1/s1. The first-order valence-corrected chi connectivity index (χ1v) is 10.3. The van der Waals surface area contributed by atoms with Crippen LogP contribution in [0.5, 0.6) is 0 Å². The second-order valence-electron chi connectivity index (χ2n) is 6.53. The summed E-state index contributed by atoms with van der Waals surface area (Å²) < 4.78 is 0. The molecule has 0 unspecified atom stereocenters. The van der Waals surface area contributed by atoms with Gasteiger partial charge in [-0.3, -0.25) is 14.5 Å². The maximum absolute atomic E-state index is 12.0. The van der Waals surface area contributed by atoms with E-state index in [0.717, 1.165) is 43.5 Å². The summed E-state index contributed by atoms with van der Waals surface area (Å²) in [5, 5.41) is 5.61. The number of hydrogen-bond acceptors (Lipinski definition) is 6. The molecule has 0 aromatic carbocycles. The van der Waals surface area contributed by atoms with Crippen molar-refractivity contribution < 1.29 is 9.59 Å². The van der Waals surface area contributed by atoms with Crippen molar-refractivity contribution in [2.24, 2.45) is 5.92 Å². The van der Waals surface area contributed by atoms with Crippen molar-refractivity contribution in [3.63, 3.8) is 0 Å². The number of carbonyl (C=O) groups is 2. The number of likely N-dealkylation sites (tertiary alicyclic amines) is 1. The Morgan fingerprint density at radius 1 is 1.46 bits per heavy atom. The molecule has 3 heterocycles. The number of piperidine rings is 1. The molecule has 0 radical (unpaired) electrons. The lowest BCUT2D eigenvalue weighted by atomic mass is 10.0. The molecular weight excluding hydrogens is 344 g/mol. The van der Waals surface area contributed by atoms with E-state index in [2.05, 4.69) is 22.1 Å². The summed E-state index contributed by atoms with van der Waals surface area (Å²) in [6.07, 6.45) is 2.89. The number of aromatic nitrogens is 1. The van der Waals surface area contributed by atoms with Gasteiger partial charge in [0, 0.05) is 43.7 Å². The molecule has 6 nitrogen and oxygen atoms in total. The first-order valence-electron chi connectivity index (χ1n) is 8.48. The van der Waals surface area contributed by atoms with Gasteiger partial charge in [0.15, 0.2) is 5.13 Å². The molecule has 0 spiro atoms. The molecule has 3 rings (SSSR count). The highest BCUT2D eigenvalue weighted by Crippen LogP contribution is 2.21. The van der Waals surface area contributed by atoms with Crippen LogP contribution in [-0.4, -0.2) is 57.9 Å². The van der Waals surface area contributed by atoms with Crippen LogP contribution in [0.2, 0.25) is 0 Å². The molecule has 2 amide bonds. The maximum atomic E-state index is 12.0. The number of rotatable bonds is 6. The largest absolute Gasteiger partial charge is 0.332 e. The minimum Gasteiger partial charge on any atom is -0.332 e. The highest BCUT2D eigenvalue weighted by molar-refractivity contribution is 8.13. The maximum Gasteiger partial charge on any atom is 0.281 e. The Hall–Kier alpha value is -1.12.